The molecule has 3 heteroatoms. The fraction of sp³-hybridized carbons (Fsp3) is 0.0769. The topological polar surface area (TPSA) is 30.0 Å². The lowest BCUT2D eigenvalue weighted by atomic mass is 10.1. The van der Waals surface area contributed by atoms with Gasteiger partial charge in [0.15, 0.2) is 5.78 Å². The standard InChI is InChI=1S/C13H10BrNO/c1-9-6-7-10(8-15-9)13(16)11-4-2-3-5-12(11)14/h2-8H,1H3. The molecule has 0 atom stereocenters. The largest absolute Gasteiger partial charge is 0.289 e. The zero-order valence-corrected chi connectivity index (χ0v) is 10.4. The van der Waals surface area contributed by atoms with Crippen molar-refractivity contribution in [3.05, 3.63) is 63.9 Å². The van der Waals surface area contributed by atoms with Crippen LogP contribution in [-0.4, -0.2) is 10.8 Å². The lowest BCUT2D eigenvalue weighted by molar-refractivity contribution is 0.103. The van der Waals surface area contributed by atoms with E-state index >= 15 is 0 Å². The Labute approximate surface area is 102 Å². The molecule has 0 aliphatic heterocycles. The van der Waals surface area contributed by atoms with Crippen molar-refractivity contribution in [3.8, 4) is 0 Å². The van der Waals surface area contributed by atoms with Gasteiger partial charge in [-0.05, 0) is 31.2 Å². The second-order valence-corrected chi connectivity index (χ2v) is 4.35. The first-order valence-electron chi connectivity index (χ1n) is 4.90. The normalized spacial score (nSPS) is 10.1. The molecule has 0 saturated carbocycles. The van der Waals surface area contributed by atoms with Crippen molar-refractivity contribution in [3.63, 3.8) is 0 Å². The van der Waals surface area contributed by atoms with Gasteiger partial charge in [-0.25, -0.2) is 0 Å². The van der Waals surface area contributed by atoms with E-state index < -0.39 is 0 Å². The first-order chi connectivity index (χ1) is 7.68. The molecule has 0 spiro atoms. The summed E-state index contributed by atoms with van der Waals surface area (Å²) in [7, 11) is 0. The van der Waals surface area contributed by atoms with Crippen LogP contribution < -0.4 is 0 Å². The second-order valence-electron chi connectivity index (χ2n) is 3.50. The molecule has 2 aromatic rings. The predicted molar refractivity (Wildman–Crippen MR) is 66.5 cm³/mol. The third-order valence-electron chi connectivity index (χ3n) is 2.29. The van der Waals surface area contributed by atoms with Gasteiger partial charge in [-0.15, -0.1) is 0 Å². The van der Waals surface area contributed by atoms with Crippen molar-refractivity contribution >= 4 is 21.7 Å². The summed E-state index contributed by atoms with van der Waals surface area (Å²) in [6.45, 7) is 1.90. The van der Waals surface area contributed by atoms with Crippen LogP contribution in [0.1, 0.15) is 21.6 Å². The maximum absolute atomic E-state index is 12.1. The van der Waals surface area contributed by atoms with Gasteiger partial charge in [0.2, 0.25) is 0 Å². The number of aryl methyl sites for hydroxylation is 1. The number of ketones is 1. The molecule has 0 fully saturated rings. The maximum Gasteiger partial charge on any atom is 0.195 e. The van der Waals surface area contributed by atoms with E-state index in [2.05, 4.69) is 20.9 Å². The molecule has 0 unspecified atom stereocenters. The number of hydrogen-bond donors (Lipinski definition) is 0. The lowest BCUT2D eigenvalue weighted by Gasteiger charge is -2.03. The van der Waals surface area contributed by atoms with E-state index in [-0.39, 0.29) is 5.78 Å². The molecule has 0 saturated heterocycles. The van der Waals surface area contributed by atoms with Crippen molar-refractivity contribution in [2.75, 3.05) is 0 Å². The molecule has 2 nitrogen and oxygen atoms in total. The molecule has 1 aromatic carbocycles. The SMILES string of the molecule is Cc1ccc(C(=O)c2ccccc2Br)cn1. The summed E-state index contributed by atoms with van der Waals surface area (Å²) in [6.07, 6.45) is 1.61. The van der Waals surface area contributed by atoms with Crippen LogP contribution in [0.4, 0.5) is 0 Å². The van der Waals surface area contributed by atoms with Gasteiger partial charge in [0, 0.05) is 27.5 Å². The van der Waals surface area contributed by atoms with Crippen LogP contribution in [0.3, 0.4) is 0 Å². The Morgan fingerprint density at radius 1 is 1.19 bits per heavy atom. The summed E-state index contributed by atoms with van der Waals surface area (Å²) in [5.41, 5.74) is 2.18. The zero-order valence-electron chi connectivity index (χ0n) is 8.77. The van der Waals surface area contributed by atoms with Crippen molar-refractivity contribution in [2.45, 2.75) is 6.92 Å². The van der Waals surface area contributed by atoms with Crippen molar-refractivity contribution in [1.29, 1.82) is 0 Å². The smallest absolute Gasteiger partial charge is 0.195 e. The number of carbonyl (C=O) groups is 1. The molecule has 16 heavy (non-hydrogen) atoms. The molecular formula is C13H10BrNO. The average Bonchev–Trinajstić information content (AvgIpc) is 2.30. The third-order valence-corrected chi connectivity index (χ3v) is 2.98. The van der Waals surface area contributed by atoms with Crippen LogP contribution in [0, 0.1) is 6.92 Å². The van der Waals surface area contributed by atoms with E-state index in [1.54, 1.807) is 18.3 Å². The van der Waals surface area contributed by atoms with Crippen LogP contribution in [0.2, 0.25) is 0 Å². The predicted octanol–water partition coefficient (Wildman–Crippen LogP) is 3.38. The highest BCUT2D eigenvalue weighted by Crippen LogP contribution is 2.19. The van der Waals surface area contributed by atoms with Crippen molar-refractivity contribution in [1.82, 2.24) is 4.98 Å². The molecule has 0 amide bonds. The quantitative estimate of drug-likeness (QED) is 0.787. The summed E-state index contributed by atoms with van der Waals surface area (Å²) in [6, 6.07) is 11.0. The minimum atomic E-state index is -0.0139. The second kappa shape index (κ2) is 4.58. The highest BCUT2D eigenvalue weighted by molar-refractivity contribution is 9.10. The number of hydrogen-bond acceptors (Lipinski definition) is 2. The van der Waals surface area contributed by atoms with Crippen LogP contribution in [0.5, 0.6) is 0 Å². The molecule has 1 aromatic heterocycles. The van der Waals surface area contributed by atoms with Crippen molar-refractivity contribution < 1.29 is 4.79 Å². The van der Waals surface area contributed by atoms with Gasteiger partial charge in [0.25, 0.3) is 0 Å². The van der Waals surface area contributed by atoms with E-state index in [9.17, 15) is 4.79 Å². The molecule has 1 heterocycles. The average molecular weight is 276 g/mol. The number of aromatic nitrogens is 1. The summed E-state index contributed by atoms with van der Waals surface area (Å²) < 4.78 is 0.806. The molecule has 80 valence electrons. The number of nitrogens with zero attached hydrogens (tertiary/aromatic N) is 1. The van der Waals surface area contributed by atoms with Crippen LogP contribution >= 0.6 is 15.9 Å². The lowest BCUT2D eigenvalue weighted by Crippen LogP contribution is -2.02. The molecule has 0 radical (unpaired) electrons. The Morgan fingerprint density at radius 3 is 2.56 bits per heavy atom. The van der Waals surface area contributed by atoms with Crippen molar-refractivity contribution in [2.24, 2.45) is 0 Å². The maximum atomic E-state index is 12.1. The van der Waals surface area contributed by atoms with Crippen LogP contribution in [-0.2, 0) is 0 Å². The van der Waals surface area contributed by atoms with E-state index in [1.807, 2.05) is 31.2 Å². The van der Waals surface area contributed by atoms with E-state index in [4.69, 9.17) is 0 Å². The fourth-order valence-electron chi connectivity index (χ4n) is 1.40. The molecule has 0 N–H and O–H groups in total. The van der Waals surface area contributed by atoms with E-state index in [1.165, 1.54) is 0 Å². The van der Waals surface area contributed by atoms with E-state index in [0.29, 0.717) is 11.1 Å². The Kier molecular flexibility index (Phi) is 3.15. The molecule has 0 aliphatic rings. The molecular weight excluding hydrogens is 266 g/mol. The summed E-state index contributed by atoms with van der Waals surface area (Å²) in [5.74, 6) is -0.0139. The molecule has 0 bridgehead atoms. The van der Waals surface area contributed by atoms with Gasteiger partial charge in [0.1, 0.15) is 0 Å². The van der Waals surface area contributed by atoms with Gasteiger partial charge in [-0.3, -0.25) is 9.78 Å². The number of carbonyl (C=O) groups excluding carboxylic acids is 1. The number of rotatable bonds is 2. The van der Waals surface area contributed by atoms with Gasteiger partial charge in [-0.2, -0.15) is 0 Å². The Bertz CT molecular complexity index is 520. The van der Waals surface area contributed by atoms with Crippen LogP contribution in [0.15, 0.2) is 47.1 Å². The monoisotopic (exact) mass is 275 g/mol. The fourth-order valence-corrected chi connectivity index (χ4v) is 1.87. The van der Waals surface area contributed by atoms with Gasteiger partial charge in [0.05, 0.1) is 0 Å². The summed E-state index contributed by atoms with van der Waals surface area (Å²) >= 11 is 3.37. The van der Waals surface area contributed by atoms with Gasteiger partial charge >= 0.3 is 0 Å². The minimum absolute atomic E-state index is 0.0139. The third kappa shape index (κ3) is 2.19. The summed E-state index contributed by atoms with van der Waals surface area (Å²) in [5, 5.41) is 0. The highest BCUT2D eigenvalue weighted by atomic mass is 79.9. The highest BCUT2D eigenvalue weighted by Gasteiger charge is 2.11. The zero-order chi connectivity index (χ0) is 11.5. The molecule has 0 aliphatic carbocycles. The number of halogens is 1. The number of pyridine rings is 1. The summed E-state index contributed by atoms with van der Waals surface area (Å²) in [4.78, 5) is 16.2. The molecule has 2 rings (SSSR count). The first-order valence-corrected chi connectivity index (χ1v) is 5.69. The van der Waals surface area contributed by atoms with Gasteiger partial charge in [-0.1, -0.05) is 28.1 Å². The van der Waals surface area contributed by atoms with Crippen LogP contribution in [0.25, 0.3) is 0 Å². The first kappa shape index (κ1) is 11.0. The number of benzene rings is 1. The van der Waals surface area contributed by atoms with E-state index in [0.717, 1.165) is 10.2 Å². The Hall–Kier alpha value is -1.48. The minimum Gasteiger partial charge on any atom is -0.289 e. The Morgan fingerprint density at radius 2 is 1.94 bits per heavy atom. The Balaban J connectivity index is 2.40. The van der Waals surface area contributed by atoms with Gasteiger partial charge < -0.3 is 0 Å².